The highest BCUT2D eigenvalue weighted by Gasteiger charge is 2.42. The van der Waals surface area contributed by atoms with Gasteiger partial charge in [-0.3, -0.25) is 4.79 Å². The largest absolute Gasteiger partial charge is 0.334 e. The van der Waals surface area contributed by atoms with E-state index in [1.54, 1.807) is 24.3 Å². The minimum Gasteiger partial charge on any atom is -0.334 e. The van der Waals surface area contributed by atoms with Gasteiger partial charge >= 0.3 is 12.1 Å². The number of rotatable bonds is 6. The highest BCUT2D eigenvalue weighted by atomic mass is 16.2. The fraction of sp³-hybridized carbons (Fsp3) is 0.444. The van der Waals surface area contributed by atoms with Gasteiger partial charge in [-0.05, 0) is 55.5 Å². The Labute approximate surface area is 206 Å². The van der Waals surface area contributed by atoms with Gasteiger partial charge in [0.05, 0.1) is 0 Å². The number of amides is 5. The summed E-state index contributed by atoms with van der Waals surface area (Å²) >= 11 is 0. The Morgan fingerprint density at radius 3 is 1.97 bits per heavy atom. The van der Waals surface area contributed by atoms with E-state index in [1.807, 2.05) is 35.2 Å². The van der Waals surface area contributed by atoms with Crippen LogP contribution in [0.15, 0.2) is 54.6 Å². The lowest BCUT2D eigenvalue weighted by atomic mass is 9.96. The molecule has 1 aliphatic carbocycles. The zero-order valence-corrected chi connectivity index (χ0v) is 20.1. The van der Waals surface area contributed by atoms with Gasteiger partial charge in [-0.2, -0.15) is 0 Å². The molecule has 1 heterocycles. The van der Waals surface area contributed by atoms with E-state index in [-0.39, 0.29) is 18.0 Å². The number of hydrogen-bond donors (Lipinski definition) is 4. The van der Waals surface area contributed by atoms with Gasteiger partial charge in [0, 0.05) is 31.0 Å². The molecule has 8 nitrogen and oxygen atoms in total. The molecule has 186 valence electrons. The topological polar surface area (TPSA) is 103 Å². The second kappa shape index (κ2) is 11.7. The van der Waals surface area contributed by atoms with Gasteiger partial charge in [0.25, 0.3) is 0 Å². The van der Waals surface area contributed by atoms with E-state index >= 15 is 0 Å². The van der Waals surface area contributed by atoms with Crippen LogP contribution in [0.25, 0.3) is 0 Å². The molecule has 2 aromatic carbocycles. The molecule has 1 saturated heterocycles. The molecule has 0 spiro atoms. The van der Waals surface area contributed by atoms with E-state index in [1.165, 1.54) is 12.8 Å². The van der Waals surface area contributed by atoms with Gasteiger partial charge in [-0.1, -0.05) is 56.0 Å². The Kier molecular flexibility index (Phi) is 8.23. The third-order valence-corrected chi connectivity index (χ3v) is 6.83. The van der Waals surface area contributed by atoms with Crippen molar-refractivity contribution >= 4 is 29.3 Å². The first-order valence-corrected chi connectivity index (χ1v) is 12.6. The van der Waals surface area contributed by atoms with Crippen LogP contribution in [0.2, 0.25) is 0 Å². The summed E-state index contributed by atoms with van der Waals surface area (Å²) in [6.07, 6.45) is 7.38. The highest BCUT2D eigenvalue weighted by Crippen LogP contribution is 2.31. The maximum Gasteiger partial charge on any atom is 0.321 e. The number of anilines is 2. The maximum absolute atomic E-state index is 13.2. The van der Waals surface area contributed by atoms with Gasteiger partial charge in [0.1, 0.15) is 5.54 Å². The normalized spacial score (nSPS) is 17.2. The third-order valence-electron chi connectivity index (χ3n) is 6.83. The molecule has 1 aliphatic heterocycles. The molecule has 35 heavy (non-hydrogen) atoms. The highest BCUT2D eigenvalue weighted by molar-refractivity contribution is 6.01. The second-order valence-corrected chi connectivity index (χ2v) is 9.45. The molecule has 0 unspecified atom stereocenters. The van der Waals surface area contributed by atoms with Crippen molar-refractivity contribution in [1.82, 2.24) is 15.5 Å². The standard InChI is InChI=1S/C27H35N5O3/c33-24(27(16-6-7-17-27)31-25(34)28-20-21-10-4-3-5-11-21)29-22-12-14-23(15-13-22)30-26(35)32-18-8-1-2-9-19-32/h3-5,10-15H,1-2,6-9,16-20H2,(H,29,33)(H,30,35)(H2,28,31,34). The van der Waals surface area contributed by atoms with Crippen LogP contribution in [0.4, 0.5) is 21.0 Å². The average molecular weight is 478 g/mol. The van der Waals surface area contributed by atoms with Gasteiger partial charge in [-0.15, -0.1) is 0 Å². The smallest absolute Gasteiger partial charge is 0.321 e. The fourth-order valence-corrected chi connectivity index (χ4v) is 4.79. The van der Waals surface area contributed by atoms with Crippen LogP contribution in [0.5, 0.6) is 0 Å². The van der Waals surface area contributed by atoms with Crippen LogP contribution in [0.3, 0.4) is 0 Å². The maximum atomic E-state index is 13.2. The van der Waals surface area contributed by atoms with Crippen molar-refractivity contribution in [2.45, 2.75) is 63.5 Å². The molecule has 0 bridgehead atoms. The van der Waals surface area contributed by atoms with Crippen LogP contribution < -0.4 is 21.3 Å². The summed E-state index contributed by atoms with van der Waals surface area (Å²) in [5, 5.41) is 11.7. The molecule has 2 fully saturated rings. The average Bonchev–Trinajstić information content (AvgIpc) is 3.18. The quantitative estimate of drug-likeness (QED) is 0.478. The number of carbonyl (C=O) groups is 3. The first kappa shape index (κ1) is 24.6. The minimum absolute atomic E-state index is 0.0840. The van der Waals surface area contributed by atoms with Crippen molar-refractivity contribution in [3.63, 3.8) is 0 Å². The minimum atomic E-state index is -0.930. The van der Waals surface area contributed by atoms with E-state index in [2.05, 4.69) is 21.3 Å². The monoisotopic (exact) mass is 477 g/mol. The summed E-state index contributed by atoms with van der Waals surface area (Å²) in [5.41, 5.74) is 1.38. The Morgan fingerprint density at radius 2 is 1.34 bits per heavy atom. The molecule has 5 amide bonds. The van der Waals surface area contributed by atoms with Gasteiger partial charge in [0.15, 0.2) is 0 Å². The Balaban J connectivity index is 1.31. The number of nitrogens with zero attached hydrogens (tertiary/aromatic N) is 1. The third kappa shape index (κ3) is 6.74. The van der Waals surface area contributed by atoms with Crippen molar-refractivity contribution in [3.05, 3.63) is 60.2 Å². The Bertz CT molecular complexity index is 995. The van der Waals surface area contributed by atoms with E-state index in [4.69, 9.17) is 0 Å². The van der Waals surface area contributed by atoms with E-state index in [0.717, 1.165) is 44.3 Å². The number of carbonyl (C=O) groups excluding carboxylic acids is 3. The number of nitrogens with one attached hydrogen (secondary N) is 4. The Hall–Kier alpha value is -3.55. The van der Waals surface area contributed by atoms with Crippen molar-refractivity contribution in [1.29, 1.82) is 0 Å². The number of hydrogen-bond acceptors (Lipinski definition) is 3. The molecule has 2 aliphatic rings. The molecule has 0 aromatic heterocycles. The molecule has 4 rings (SSSR count). The first-order chi connectivity index (χ1) is 17.0. The van der Waals surface area contributed by atoms with E-state index in [0.29, 0.717) is 30.8 Å². The van der Waals surface area contributed by atoms with Crippen molar-refractivity contribution in [2.75, 3.05) is 23.7 Å². The predicted molar refractivity (Wildman–Crippen MR) is 137 cm³/mol. The van der Waals surface area contributed by atoms with Crippen molar-refractivity contribution in [2.24, 2.45) is 0 Å². The van der Waals surface area contributed by atoms with Crippen LogP contribution in [0.1, 0.15) is 56.9 Å². The molecule has 1 saturated carbocycles. The van der Waals surface area contributed by atoms with Crippen LogP contribution in [-0.2, 0) is 11.3 Å². The van der Waals surface area contributed by atoms with Crippen molar-refractivity contribution < 1.29 is 14.4 Å². The predicted octanol–water partition coefficient (Wildman–Crippen LogP) is 4.85. The second-order valence-electron chi connectivity index (χ2n) is 9.45. The molecule has 4 N–H and O–H groups in total. The Morgan fingerprint density at radius 1 is 0.743 bits per heavy atom. The van der Waals surface area contributed by atoms with Gasteiger partial charge in [0.2, 0.25) is 5.91 Å². The van der Waals surface area contributed by atoms with Crippen LogP contribution in [0, 0.1) is 0 Å². The lowest BCUT2D eigenvalue weighted by Crippen LogP contribution is -2.57. The number of benzene rings is 2. The summed E-state index contributed by atoms with van der Waals surface area (Å²) < 4.78 is 0. The lowest BCUT2D eigenvalue weighted by Gasteiger charge is -2.29. The summed E-state index contributed by atoms with van der Waals surface area (Å²) in [7, 11) is 0. The van der Waals surface area contributed by atoms with Gasteiger partial charge in [-0.25, -0.2) is 9.59 Å². The first-order valence-electron chi connectivity index (χ1n) is 12.6. The summed E-state index contributed by atoms with van der Waals surface area (Å²) in [6, 6.07) is 16.3. The van der Waals surface area contributed by atoms with E-state index in [9.17, 15) is 14.4 Å². The lowest BCUT2D eigenvalue weighted by molar-refractivity contribution is -0.121. The SMILES string of the molecule is O=C(NCc1ccccc1)NC1(C(=O)Nc2ccc(NC(=O)N3CCCCCC3)cc2)CCCC1. The summed E-state index contributed by atoms with van der Waals surface area (Å²) in [5.74, 6) is -0.216. The molecule has 0 atom stereocenters. The molecule has 2 aromatic rings. The van der Waals surface area contributed by atoms with E-state index < -0.39 is 5.54 Å². The number of urea groups is 2. The van der Waals surface area contributed by atoms with Gasteiger partial charge < -0.3 is 26.2 Å². The summed E-state index contributed by atoms with van der Waals surface area (Å²) in [6.45, 7) is 1.97. The molecule has 8 heteroatoms. The number of likely N-dealkylation sites (tertiary alicyclic amines) is 1. The molecule has 0 radical (unpaired) electrons. The van der Waals surface area contributed by atoms with Crippen LogP contribution >= 0.6 is 0 Å². The molecular weight excluding hydrogens is 442 g/mol. The summed E-state index contributed by atoms with van der Waals surface area (Å²) in [4.78, 5) is 40.2. The van der Waals surface area contributed by atoms with Crippen molar-refractivity contribution in [3.8, 4) is 0 Å². The molecular formula is C27H35N5O3. The zero-order chi connectivity index (χ0) is 24.5. The zero-order valence-electron chi connectivity index (χ0n) is 20.1. The fourth-order valence-electron chi connectivity index (χ4n) is 4.79. The van der Waals surface area contributed by atoms with Crippen LogP contribution in [-0.4, -0.2) is 41.5 Å².